The number of amides is 3. The highest BCUT2D eigenvalue weighted by Gasteiger charge is 2.31. The lowest BCUT2D eigenvalue weighted by molar-refractivity contribution is -0.0115. The van der Waals surface area contributed by atoms with Crippen LogP contribution in [0.2, 0.25) is 0 Å². The molecule has 2 heterocycles. The number of likely N-dealkylation sites (N-methyl/N-ethyl adjacent to an activating group) is 1. The first-order valence-electron chi connectivity index (χ1n) is 16.8. The molecule has 2 aliphatic rings. The van der Waals surface area contributed by atoms with E-state index in [0.717, 1.165) is 12.8 Å². The second-order valence-corrected chi connectivity index (χ2v) is 14.5. The number of nitrogens with one attached hydrogen (secondary N) is 2. The smallest absolute Gasteiger partial charge is 0.321 e. The van der Waals surface area contributed by atoms with Crippen LogP contribution in [0.3, 0.4) is 0 Å². The minimum Gasteiger partial charge on any atom is -0.490 e. The van der Waals surface area contributed by atoms with Crippen LogP contribution in [0, 0.1) is 5.92 Å². The number of carbonyl (C=O) groups is 2. The van der Waals surface area contributed by atoms with E-state index in [1.165, 1.54) is 23.1 Å². The maximum atomic E-state index is 14.4. The molecular weight excluding hydrogens is 664 g/mol. The number of anilines is 2. The van der Waals surface area contributed by atoms with E-state index < -0.39 is 28.1 Å². The Morgan fingerprint density at radius 2 is 1.72 bits per heavy atom. The summed E-state index contributed by atoms with van der Waals surface area (Å²) in [4.78, 5) is 30.8. The van der Waals surface area contributed by atoms with E-state index in [1.54, 1.807) is 67.4 Å². The summed E-state index contributed by atoms with van der Waals surface area (Å²) in [5.74, 6) is 0.768. The lowest BCUT2D eigenvalue weighted by atomic mass is 10.0. The van der Waals surface area contributed by atoms with Gasteiger partial charge in [0, 0.05) is 50.1 Å². The van der Waals surface area contributed by atoms with E-state index in [2.05, 4.69) is 10.0 Å². The molecule has 0 unspecified atom stereocenters. The van der Waals surface area contributed by atoms with Crippen LogP contribution in [0.15, 0.2) is 71.6 Å². The third-order valence-corrected chi connectivity index (χ3v) is 10.2. The fraction of sp³-hybridized carbons (Fsp3) is 0.444. The van der Waals surface area contributed by atoms with Crippen molar-refractivity contribution in [3.63, 3.8) is 0 Å². The number of rotatable bonds is 8. The van der Waals surface area contributed by atoms with Gasteiger partial charge in [-0.3, -0.25) is 9.52 Å². The first-order valence-corrected chi connectivity index (χ1v) is 18.3. The molecule has 3 aromatic rings. The Morgan fingerprint density at radius 3 is 2.48 bits per heavy atom. The van der Waals surface area contributed by atoms with Crippen LogP contribution in [0.5, 0.6) is 17.2 Å². The van der Waals surface area contributed by atoms with Gasteiger partial charge in [-0.05, 0) is 75.6 Å². The van der Waals surface area contributed by atoms with Gasteiger partial charge in [0.1, 0.15) is 5.75 Å². The highest BCUT2D eigenvalue weighted by molar-refractivity contribution is 7.92. The van der Waals surface area contributed by atoms with Gasteiger partial charge in [-0.15, -0.1) is 0 Å². The molecule has 5 rings (SSSR count). The molecule has 0 bridgehead atoms. The van der Waals surface area contributed by atoms with Gasteiger partial charge in [-0.1, -0.05) is 25.1 Å². The van der Waals surface area contributed by atoms with E-state index in [-0.39, 0.29) is 60.7 Å². The second kappa shape index (κ2) is 16.5. The Bertz CT molecular complexity index is 1740. The Labute approximate surface area is 293 Å². The normalized spacial score (nSPS) is 20.5. The summed E-state index contributed by atoms with van der Waals surface area (Å²) in [6.07, 6.45) is 1.54. The van der Waals surface area contributed by atoms with Crippen molar-refractivity contribution in [2.75, 3.05) is 50.2 Å². The number of nitrogens with zero attached hydrogens (tertiary/aromatic N) is 2. The zero-order valence-electron chi connectivity index (χ0n) is 28.8. The molecule has 2 aliphatic heterocycles. The zero-order chi connectivity index (χ0) is 35.8. The Morgan fingerprint density at radius 1 is 1.00 bits per heavy atom. The topological polar surface area (TPSA) is 156 Å². The quantitative estimate of drug-likeness (QED) is 0.287. The van der Waals surface area contributed by atoms with Crippen LogP contribution >= 0.6 is 0 Å². The molecule has 14 heteroatoms. The van der Waals surface area contributed by atoms with Gasteiger partial charge < -0.3 is 39.2 Å². The Balaban J connectivity index is 1.38. The summed E-state index contributed by atoms with van der Waals surface area (Å²) in [5.41, 5.74) is 0.909. The molecule has 0 aliphatic carbocycles. The van der Waals surface area contributed by atoms with E-state index in [1.807, 2.05) is 13.8 Å². The van der Waals surface area contributed by atoms with E-state index in [0.29, 0.717) is 36.0 Å². The number of hydrogen-bond acceptors (Lipinski definition) is 9. The fourth-order valence-corrected chi connectivity index (χ4v) is 6.88. The molecular formula is C36H46N4O9S. The summed E-state index contributed by atoms with van der Waals surface area (Å²) >= 11 is 0. The molecule has 0 saturated heterocycles. The van der Waals surface area contributed by atoms with Crippen LogP contribution in [0.1, 0.15) is 50.4 Å². The van der Waals surface area contributed by atoms with Gasteiger partial charge in [0.25, 0.3) is 15.9 Å². The van der Waals surface area contributed by atoms with Gasteiger partial charge in [0.15, 0.2) is 11.5 Å². The first kappa shape index (κ1) is 36.7. The van der Waals surface area contributed by atoms with Crippen molar-refractivity contribution in [2.24, 2.45) is 5.92 Å². The molecule has 0 aromatic heterocycles. The molecule has 270 valence electrons. The van der Waals surface area contributed by atoms with Crippen molar-refractivity contribution in [2.45, 2.75) is 63.2 Å². The van der Waals surface area contributed by atoms with Crippen molar-refractivity contribution in [1.82, 2.24) is 9.80 Å². The monoisotopic (exact) mass is 710 g/mol. The molecule has 0 fully saturated rings. The Hall–Kier alpha value is -4.53. The van der Waals surface area contributed by atoms with Gasteiger partial charge in [-0.25, -0.2) is 13.2 Å². The van der Waals surface area contributed by atoms with E-state index in [9.17, 15) is 23.1 Å². The van der Waals surface area contributed by atoms with Crippen LogP contribution in [0.4, 0.5) is 16.2 Å². The Kier molecular flexibility index (Phi) is 12.1. The van der Waals surface area contributed by atoms with E-state index in [4.69, 9.17) is 18.9 Å². The van der Waals surface area contributed by atoms with Crippen LogP contribution in [-0.4, -0.2) is 93.7 Å². The highest BCUT2D eigenvalue weighted by Crippen LogP contribution is 2.34. The van der Waals surface area contributed by atoms with Crippen molar-refractivity contribution in [1.29, 1.82) is 0 Å². The molecule has 3 aromatic carbocycles. The maximum absolute atomic E-state index is 14.4. The summed E-state index contributed by atoms with van der Waals surface area (Å²) in [6.45, 7) is 6.27. The molecule has 3 N–H and O–H groups in total. The predicted molar refractivity (Wildman–Crippen MR) is 188 cm³/mol. The highest BCUT2D eigenvalue weighted by atomic mass is 32.2. The lowest BCUT2D eigenvalue weighted by Crippen LogP contribution is -2.48. The molecule has 4 atom stereocenters. The minimum absolute atomic E-state index is 0.0845. The van der Waals surface area contributed by atoms with Crippen molar-refractivity contribution < 1.29 is 42.1 Å². The SMILES string of the molecule is C[C@@H]1CCCCO[C@H](CN(C)C(=O)Nc2ccc3c(c2)OCO3)[C@H](C)CN([C@H](C)CO)C(=O)c2cc(NS(=O)(=O)c3ccccc3)ccc2O1. The number of carbonyl (C=O) groups excluding carboxylic acids is 2. The lowest BCUT2D eigenvalue weighted by Gasteiger charge is -2.35. The standard InChI is InChI=1S/C36H46N4O9S/c1-24-20-40(25(2)22-41)35(42)30-18-28(38-50(44,45)29-11-6-5-7-12-29)14-15-31(30)49-26(3)10-8-9-17-46-34(24)21-39(4)36(43)37-27-13-16-32-33(19-27)48-23-47-32/h5-7,11-16,18-19,24-26,34,38,41H,8-10,17,20-23H2,1-4H3,(H,37,43)/t24-,25-,26-,34-/m1/s1. The van der Waals surface area contributed by atoms with Crippen molar-refractivity contribution in [3.8, 4) is 17.2 Å². The first-order chi connectivity index (χ1) is 23.9. The number of ether oxygens (including phenoxy) is 4. The molecule has 50 heavy (non-hydrogen) atoms. The molecule has 0 radical (unpaired) electrons. The summed E-state index contributed by atoms with van der Waals surface area (Å²) in [6, 6.07) is 16.8. The van der Waals surface area contributed by atoms with Crippen LogP contribution in [0.25, 0.3) is 0 Å². The molecule has 13 nitrogen and oxygen atoms in total. The number of aliphatic hydroxyl groups excluding tert-OH is 1. The van der Waals surface area contributed by atoms with Crippen LogP contribution < -0.4 is 24.2 Å². The number of sulfonamides is 1. The molecule has 3 amide bonds. The largest absolute Gasteiger partial charge is 0.490 e. The number of benzene rings is 3. The summed E-state index contributed by atoms with van der Waals surface area (Å²) in [7, 11) is -2.25. The molecule has 0 spiro atoms. The van der Waals surface area contributed by atoms with Gasteiger partial charge in [-0.2, -0.15) is 0 Å². The predicted octanol–water partition coefficient (Wildman–Crippen LogP) is 5.18. The van der Waals surface area contributed by atoms with Gasteiger partial charge in [0.2, 0.25) is 6.79 Å². The van der Waals surface area contributed by atoms with Crippen molar-refractivity contribution >= 4 is 33.3 Å². The minimum atomic E-state index is -3.93. The van der Waals surface area contributed by atoms with Gasteiger partial charge in [0.05, 0.1) is 35.3 Å². The van der Waals surface area contributed by atoms with E-state index >= 15 is 0 Å². The number of fused-ring (bicyclic) bond motifs is 2. The number of hydrogen-bond donors (Lipinski definition) is 3. The third-order valence-electron chi connectivity index (χ3n) is 8.78. The summed E-state index contributed by atoms with van der Waals surface area (Å²) < 4.78 is 52.3. The van der Waals surface area contributed by atoms with Crippen molar-refractivity contribution in [3.05, 3.63) is 72.3 Å². The second-order valence-electron chi connectivity index (χ2n) is 12.8. The maximum Gasteiger partial charge on any atom is 0.321 e. The number of aliphatic hydroxyl groups is 1. The van der Waals surface area contributed by atoms with Crippen LogP contribution in [-0.2, 0) is 14.8 Å². The number of urea groups is 1. The zero-order valence-corrected chi connectivity index (χ0v) is 29.6. The van der Waals surface area contributed by atoms with Gasteiger partial charge >= 0.3 is 6.03 Å². The average Bonchev–Trinajstić information content (AvgIpc) is 3.57. The fourth-order valence-electron chi connectivity index (χ4n) is 5.81. The third kappa shape index (κ3) is 9.17. The summed E-state index contributed by atoms with van der Waals surface area (Å²) in [5, 5.41) is 13.1. The molecule has 0 saturated carbocycles. The average molecular weight is 711 g/mol.